The minimum atomic E-state index is -0.988. The van der Waals surface area contributed by atoms with Gasteiger partial charge in [0.1, 0.15) is 5.82 Å². The lowest BCUT2D eigenvalue weighted by atomic mass is 9.87. The monoisotopic (exact) mass is 292 g/mol. The number of fused-ring (bicyclic) bond motifs is 1. The Bertz CT molecular complexity index is 685. The van der Waals surface area contributed by atoms with Crippen molar-refractivity contribution < 1.29 is 19.4 Å². The number of benzene rings is 1. The van der Waals surface area contributed by atoms with Gasteiger partial charge < -0.3 is 15.2 Å². The highest BCUT2D eigenvalue weighted by Crippen LogP contribution is 2.36. The van der Waals surface area contributed by atoms with Gasteiger partial charge in [0.25, 0.3) is 0 Å². The number of hydrogen-bond acceptors (Lipinski definition) is 3. The Morgan fingerprint density at radius 2 is 2.24 bits per heavy atom. The lowest BCUT2D eigenvalue weighted by molar-refractivity contribution is -0.150. The molecular weight excluding hydrogens is 275 g/mol. The number of aliphatic hydroxyl groups is 1. The van der Waals surface area contributed by atoms with Gasteiger partial charge in [-0.25, -0.2) is 4.39 Å². The Balaban J connectivity index is 1.96. The minimum Gasteiger partial charge on any atom is -0.481 e. The molecule has 1 aromatic carbocycles. The summed E-state index contributed by atoms with van der Waals surface area (Å²) in [7, 11) is 1.82. The van der Waals surface area contributed by atoms with Gasteiger partial charge in [-0.05, 0) is 37.2 Å². The maximum Gasteiger partial charge on any atom is 0.310 e. The van der Waals surface area contributed by atoms with Crippen LogP contribution in [0.5, 0.6) is 0 Å². The molecule has 3 rings (SSSR count). The van der Waals surface area contributed by atoms with E-state index in [0.29, 0.717) is 6.42 Å². The van der Waals surface area contributed by atoms with Crippen LogP contribution in [0.25, 0.3) is 10.9 Å². The first-order chi connectivity index (χ1) is 9.97. The molecule has 1 fully saturated rings. The van der Waals surface area contributed by atoms with E-state index in [1.807, 2.05) is 11.9 Å². The van der Waals surface area contributed by atoms with E-state index in [4.69, 9.17) is 5.11 Å². The van der Waals surface area contributed by atoms with Gasteiger partial charge in [-0.1, -0.05) is 0 Å². The molecule has 2 heterocycles. The Kier molecular flexibility index (Phi) is 3.43. The fourth-order valence-corrected chi connectivity index (χ4v) is 3.13. The number of carboxylic acid groups (broad SMARTS) is 1. The smallest absolute Gasteiger partial charge is 0.310 e. The summed E-state index contributed by atoms with van der Waals surface area (Å²) in [5.74, 6) is -2.09. The molecule has 0 radical (unpaired) electrons. The predicted octanol–water partition coefficient (Wildman–Crippen LogP) is 1.75. The summed E-state index contributed by atoms with van der Waals surface area (Å²) in [6.45, 7) is 0.267. The van der Waals surface area contributed by atoms with E-state index in [2.05, 4.69) is 4.98 Å². The zero-order chi connectivity index (χ0) is 15.1. The molecule has 0 spiro atoms. The zero-order valence-corrected chi connectivity index (χ0v) is 11.6. The van der Waals surface area contributed by atoms with Crippen LogP contribution >= 0.6 is 0 Å². The van der Waals surface area contributed by atoms with Gasteiger partial charge in [-0.15, -0.1) is 0 Å². The molecular formula is C15H17FN2O3. The second-order valence-corrected chi connectivity index (χ2v) is 5.64. The molecule has 21 heavy (non-hydrogen) atoms. The predicted molar refractivity (Wildman–Crippen MR) is 75.4 cm³/mol. The van der Waals surface area contributed by atoms with E-state index in [1.165, 1.54) is 12.1 Å². The molecule has 3 N–H and O–H groups in total. The van der Waals surface area contributed by atoms with E-state index in [0.717, 1.165) is 16.5 Å². The van der Waals surface area contributed by atoms with Crippen LogP contribution in [0.15, 0.2) is 24.4 Å². The Morgan fingerprint density at radius 3 is 2.95 bits per heavy atom. The Hall–Kier alpha value is -1.92. The number of rotatable bonds is 2. The fraction of sp³-hybridized carbons (Fsp3) is 0.400. The van der Waals surface area contributed by atoms with Gasteiger partial charge in [-0.3, -0.25) is 9.69 Å². The third-order valence-electron chi connectivity index (χ3n) is 4.30. The highest BCUT2D eigenvalue weighted by atomic mass is 19.1. The quantitative estimate of drug-likeness (QED) is 0.788. The summed E-state index contributed by atoms with van der Waals surface area (Å²) >= 11 is 0. The zero-order valence-electron chi connectivity index (χ0n) is 11.6. The molecule has 0 saturated carbocycles. The van der Waals surface area contributed by atoms with Gasteiger partial charge in [0.05, 0.1) is 12.0 Å². The summed E-state index contributed by atoms with van der Waals surface area (Å²) < 4.78 is 13.4. The van der Waals surface area contributed by atoms with Crippen molar-refractivity contribution in [3.63, 3.8) is 0 Å². The van der Waals surface area contributed by atoms with E-state index in [-0.39, 0.29) is 18.4 Å². The minimum absolute atomic E-state index is 0.133. The highest BCUT2D eigenvalue weighted by molar-refractivity contribution is 5.83. The first-order valence-corrected chi connectivity index (χ1v) is 6.85. The topological polar surface area (TPSA) is 76.6 Å². The number of nitrogens with zero attached hydrogens (tertiary/aromatic N) is 1. The molecule has 3 unspecified atom stereocenters. The van der Waals surface area contributed by atoms with Gasteiger partial charge in [0, 0.05) is 29.7 Å². The number of aromatic amines is 1. The molecule has 2 aromatic rings. The first kappa shape index (κ1) is 14.0. The number of piperidine rings is 1. The van der Waals surface area contributed by atoms with Crippen molar-refractivity contribution in [2.45, 2.75) is 18.6 Å². The van der Waals surface area contributed by atoms with Crippen molar-refractivity contribution >= 4 is 16.9 Å². The molecule has 1 aromatic heterocycles. The molecule has 0 aliphatic carbocycles. The van der Waals surface area contributed by atoms with Gasteiger partial charge in [0.15, 0.2) is 0 Å². The van der Waals surface area contributed by atoms with Crippen molar-refractivity contribution in [3.8, 4) is 0 Å². The van der Waals surface area contributed by atoms with Crippen molar-refractivity contribution in [2.24, 2.45) is 5.92 Å². The maximum absolute atomic E-state index is 13.4. The second kappa shape index (κ2) is 5.13. The number of likely N-dealkylation sites (tertiary alicyclic amines) is 1. The van der Waals surface area contributed by atoms with E-state index < -0.39 is 18.0 Å². The molecule has 0 amide bonds. The SMILES string of the molecule is CN1CC(C(=O)O)C(O)CC1c1c[nH]c2ccc(F)cc12. The van der Waals surface area contributed by atoms with Crippen molar-refractivity contribution in [3.05, 3.63) is 35.8 Å². The van der Waals surface area contributed by atoms with E-state index >= 15 is 0 Å². The number of aliphatic carboxylic acids is 1. The van der Waals surface area contributed by atoms with Crippen LogP contribution < -0.4 is 0 Å². The molecule has 1 aliphatic rings. The van der Waals surface area contributed by atoms with Crippen LogP contribution in [-0.4, -0.2) is 45.8 Å². The van der Waals surface area contributed by atoms with Crippen LogP contribution in [0, 0.1) is 11.7 Å². The summed E-state index contributed by atoms with van der Waals surface area (Å²) in [4.78, 5) is 16.1. The first-order valence-electron chi connectivity index (χ1n) is 6.85. The summed E-state index contributed by atoms with van der Waals surface area (Å²) in [6, 6.07) is 4.40. The summed E-state index contributed by atoms with van der Waals surface area (Å²) in [6.07, 6.45) is 1.22. The lowest BCUT2D eigenvalue weighted by Gasteiger charge is -2.38. The number of nitrogens with one attached hydrogen (secondary N) is 1. The normalized spacial score (nSPS) is 27.1. The number of carboxylic acids is 1. The number of hydrogen-bond donors (Lipinski definition) is 3. The van der Waals surface area contributed by atoms with Crippen LogP contribution in [0.1, 0.15) is 18.0 Å². The van der Waals surface area contributed by atoms with Gasteiger partial charge in [-0.2, -0.15) is 0 Å². The van der Waals surface area contributed by atoms with Gasteiger partial charge >= 0.3 is 5.97 Å². The second-order valence-electron chi connectivity index (χ2n) is 5.64. The fourth-order valence-electron chi connectivity index (χ4n) is 3.13. The maximum atomic E-state index is 13.4. The molecule has 1 saturated heterocycles. The molecule has 3 atom stereocenters. The molecule has 6 heteroatoms. The summed E-state index contributed by atoms with van der Waals surface area (Å²) in [5, 5.41) is 19.9. The molecule has 0 bridgehead atoms. The van der Waals surface area contributed by atoms with Crippen LogP contribution in [-0.2, 0) is 4.79 Å². The average Bonchev–Trinajstić information content (AvgIpc) is 2.83. The Labute approximate surface area is 121 Å². The molecule has 1 aliphatic heterocycles. The van der Waals surface area contributed by atoms with Crippen molar-refractivity contribution in [1.82, 2.24) is 9.88 Å². The lowest BCUT2D eigenvalue weighted by Crippen LogP contribution is -2.46. The number of aliphatic hydroxyl groups excluding tert-OH is 1. The van der Waals surface area contributed by atoms with E-state index in [1.54, 1.807) is 12.3 Å². The average molecular weight is 292 g/mol. The van der Waals surface area contributed by atoms with Gasteiger partial charge in [0.2, 0.25) is 0 Å². The summed E-state index contributed by atoms with van der Waals surface area (Å²) in [5.41, 5.74) is 1.71. The third-order valence-corrected chi connectivity index (χ3v) is 4.30. The standard InChI is InChI=1S/C15H17FN2O3/c1-18-7-11(15(20)21)14(19)5-13(18)10-6-17-12-3-2-8(16)4-9(10)12/h2-4,6,11,13-14,17,19H,5,7H2,1H3,(H,20,21). The van der Waals surface area contributed by atoms with Crippen molar-refractivity contribution in [2.75, 3.05) is 13.6 Å². The number of aromatic nitrogens is 1. The van der Waals surface area contributed by atoms with Crippen LogP contribution in [0.2, 0.25) is 0 Å². The molecule has 5 nitrogen and oxygen atoms in total. The third kappa shape index (κ3) is 2.41. The number of carbonyl (C=O) groups is 1. The largest absolute Gasteiger partial charge is 0.481 e. The Morgan fingerprint density at radius 1 is 1.48 bits per heavy atom. The van der Waals surface area contributed by atoms with Crippen LogP contribution in [0.4, 0.5) is 4.39 Å². The molecule has 112 valence electrons. The van der Waals surface area contributed by atoms with E-state index in [9.17, 15) is 14.3 Å². The van der Waals surface area contributed by atoms with Crippen LogP contribution in [0.3, 0.4) is 0 Å². The number of halogens is 1. The highest BCUT2D eigenvalue weighted by Gasteiger charge is 2.38. The van der Waals surface area contributed by atoms with Crippen molar-refractivity contribution in [1.29, 1.82) is 0 Å². The number of H-pyrrole nitrogens is 1.